The molecule has 1 aliphatic heterocycles. The molecule has 1 heterocycles. The third-order valence-electron chi connectivity index (χ3n) is 3.69. The van der Waals surface area contributed by atoms with E-state index in [1.807, 2.05) is 6.92 Å². The highest BCUT2D eigenvalue weighted by Crippen LogP contribution is 2.30. The van der Waals surface area contributed by atoms with Crippen LogP contribution in [0.4, 0.5) is 4.39 Å². The molecule has 0 spiro atoms. The Morgan fingerprint density at radius 3 is 2.75 bits per heavy atom. The van der Waals surface area contributed by atoms with Crippen molar-refractivity contribution >= 4 is 21.6 Å². The second-order valence-electron chi connectivity index (χ2n) is 5.08. The Bertz CT molecular complexity index is 594. The first kappa shape index (κ1) is 15.7. The molecule has 2 rings (SSSR count). The molecule has 2 unspecified atom stereocenters. The summed E-state index contributed by atoms with van der Waals surface area (Å²) >= 11 is 5.68. The molecule has 2 atom stereocenters. The third-order valence-corrected chi connectivity index (χ3v) is 6.04. The lowest BCUT2D eigenvalue weighted by Gasteiger charge is -2.39. The van der Waals surface area contributed by atoms with Gasteiger partial charge in [0.05, 0.1) is 9.92 Å². The number of benzene rings is 1. The molecule has 4 nitrogen and oxygen atoms in total. The number of rotatable bonds is 3. The normalized spacial score (nSPS) is 24.8. The number of halogens is 2. The van der Waals surface area contributed by atoms with E-state index in [0.717, 1.165) is 31.4 Å². The van der Waals surface area contributed by atoms with Gasteiger partial charge in [-0.25, -0.2) is 12.8 Å². The molecule has 7 heteroatoms. The highest BCUT2D eigenvalue weighted by molar-refractivity contribution is 7.89. The fourth-order valence-electron chi connectivity index (χ4n) is 2.68. The van der Waals surface area contributed by atoms with Crippen molar-refractivity contribution in [3.05, 3.63) is 29.0 Å². The summed E-state index contributed by atoms with van der Waals surface area (Å²) in [5.41, 5.74) is 5.69. The molecule has 20 heavy (non-hydrogen) atoms. The quantitative estimate of drug-likeness (QED) is 0.930. The number of piperidine rings is 1. The maximum Gasteiger partial charge on any atom is 0.243 e. The number of hydrogen-bond donors (Lipinski definition) is 1. The van der Waals surface area contributed by atoms with Gasteiger partial charge in [-0.15, -0.1) is 0 Å². The van der Waals surface area contributed by atoms with Crippen LogP contribution in [0.2, 0.25) is 5.02 Å². The van der Waals surface area contributed by atoms with Crippen LogP contribution in [-0.4, -0.2) is 31.4 Å². The smallest absolute Gasteiger partial charge is 0.243 e. The van der Waals surface area contributed by atoms with Crippen molar-refractivity contribution in [1.29, 1.82) is 0 Å². The highest BCUT2D eigenvalue weighted by atomic mass is 35.5. The van der Waals surface area contributed by atoms with Gasteiger partial charge in [-0.3, -0.25) is 0 Å². The lowest BCUT2D eigenvalue weighted by Crippen LogP contribution is -2.51. The van der Waals surface area contributed by atoms with Crippen LogP contribution in [0, 0.1) is 5.82 Å². The fourth-order valence-corrected chi connectivity index (χ4v) is 4.84. The van der Waals surface area contributed by atoms with Crippen molar-refractivity contribution in [2.75, 3.05) is 6.54 Å². The monoisotopic (exact) mass is 320 g/mol. The Morgan fingerprint density at radius 1 is 1.45 bits per heavy atom. The van der Waals surface area contributed by atoms with Crippen LogP contribution in [0.3, 0.4) is 0 Å². The molecule has 0 aliphatic carbocycles. The van der Waals surface area contributed by atoms with Gasteiger partial charge in [0, 0.05) is 18.6 Å². The summed E-state index contributed by atoms with van der Waals surface area (Å²) in [6.07, 6.45) is 2.50. The largest absolute Gasteiger partial charge is 0.329 e. The second-order valence-corrected chi connectivity index (χ2v) is 7.33. The Labute approximate surface area is 123 Å². The van der Waals surface area contributed by atoms with E-state index in [9.17, 15) is 12.8 Å². The summed E-state index contributed by atoms with van der Waals surface area (Å²) in [5, 5.41) is -0.194. The first-order valence-corrected chi connectivity index (χ1v) is 8.38. The molecular weight excluding hydrogens is 303 g/mol. The molecular formula is C13H18ClFN2O2S. The van der Waals surface area contributed by atoms with Crippen LogP contribution in [-0.2, 0) is 10.0 Å². The van der Waals surface area contributed by atoms with Gasteiger partial charge < -0.3 is 5.73 Å². The molecule has 2 N–H and O–H groups in total. The molecule has 0 amide bonds. The molecule has 0 bridgehead atoms. The summed E-state index contributed by atoms with van der Waals surface area (Å²) < 4.78 is 40.1. The van der Waals surface area contributed by atoms with Gasteiger partial charge in [-0.1, -0.05) is 18.0 Å². The first-order chi connectivity index (χ1) is 9.37. The van der Waals surface area contributed by atoms with E-state index in [1.54, 1.807) is 0 Å². The van der Waals surface area contributed by atoms with E-state index in [-0.39, 0.29) is 28.5 Å². The fraction of sp³-hybridized carbons (Fsp3) is 0.538. The van der Waals surface area contributed by atoms with Gasteiger partial charge in [-0.05, 0) is 38.0 Å². The molecule has 1 aromatic rings. The van der Waals surface area contributed by atoms with Crippen LogP contribution in [0.5, 0.6) is 0 Å². The lowest BCUT2D eigenvalue weighted by molar-refractivity contribution is 0.196. The SMILES string of the molecule is CC1CCCC(CN)N1S(=O)(=O)c1ccc(F)c(Cl)c1. The molecule has 0 saturated carbocycles. The van der Waals surface area contributed by atoms with E-state index in [0.29, 0.717) is 0 Å². The predicted molar refractivity (Wildman–Crippen MR) is 76.6 cm³/mol. The van der Waals surface area contributed by atoms with Gasteiger partial charge in [0.2, 0.25) is 10.0 Å². The van der Waals surface area contributed by atoms with Crippen LogP contribution in [0.1, 0.15) is 26.2 Å². The minimum absolute atomic E-state index is 0.0103. The lowest BCUT2D eigenvalue weighted by atomic mass is 10.00. The van der Waals surface area contributed by atoms with E-state index in [4.69, 9.17) is 17.3 Å². The van der Waals surface area contributed by atoms with Crippen LogP contribution < -0.4 is 5.73 Å². The van der Waals surface area contributed by atoms with E-state index in [2.05, 4.69) is 0 Å². The summed E-state index contributed by atoms with van der Waals surface area (Å²) in [5.74, 6) is -0.632. The molecule has 1 aliphatic rings. The zero-order valence-corrected chi connectivity index (χ0v) is 12.8. The number of nitrogens with zero attached hydrogens (tertiary/aromatic N) is 1. The van der Waals surface area contributed by atoms with Gasteiger partial charge in [0.15, 0.2) is 0 Å². The predicted octanol–water partition coefficient (Wildman–Crippen LogP) is 2.37. The number of hydrogen-bond acceptors (Lipinski definition) is 3. The van der Waals surface area contributed by atoms with Crippen molar-refractivity contribution in [2.45, 2.75) is 43.2 Å². The molecule has 112 valence electrons. The van der Waals surface area contributed by atoms with Gasteiger partial charge in [0.1, 0.15) is 5.82 Å². The molecule has 1 aromatic carbocycles. The van der Waals surface area contributed by atoms with Gasteiger partial charge in [0.25, 0.3) is 0 Å². The molecule has 0 radical (unpaired) electrons. The minimum Gasteiger partial charge on any atom is -0.329 e. The van der Waals surface area contributed by atoms with Crippen molar-refractivity contribution in [3.8, 4) is 0 Å². The summed E-state index contributed by atoms with van der Waals surface area (Å²) in [6, 6.07) is 3.13. The molecule has 1 fully saturated rings. The average molecular weight is 321 g/mol. The van der Waals surface area contributed by atoms with E-state index >= 15 is 0 Å². The number of sulfonamides is 1. The molecule has 0 aromatic heterocycles. The highest BCUT2D eigenvalue weighted by Gasteiger charge is 2.37. The third kappa shape index (κ3) is 2.83. The Balaban J connectivity index is 2.44. The maximum absolute atomic E-state index is 13.2. The molecule has 1 saturated heterocycles. The Hall–Kier alpha value is -0.690. The zero-order chi connectivity index (χ0) is 14.9. The summed E-state index contributed by atoms with van der Waals surface area (Å²) in [4.78, 5) is 0.0103. The van der Waals surface area contributed by atoms with E-state index < -0.39 is 15.8 Å². The minimum atomic E-state index is -3.71. The van der Waals surface area contributed by atoms with Gasteiger partial charge >= 0.3 is 0 Å². The topological polar surface area (TPSA) is 63.4 Å². The van der Waals surface area contributed by atoms with Crippen molar-refractivity contribution < 1.29 is 12.8 Å². The van der Waals surface area contributed by atoms with Crippen molar-refractivity contribution in [2.24, 2.45) is 5.73 Å². The zero-order valence-electron chi connectivity index (χ0n) is 11.2. The standard InChI is InChI=1S/C13H18ClFN2O2S/c1-9-3-2-4-10(8-16)17(9)20(18,19)11-5-6-13(15)12(14)7-11/h5-7,9-10H,2-4,8,16H2,1H3. The number of nitrogens with two attached hydrogens (primary N) is 1. The summed E-state index contributed by atoms with van der Waals surface area (Å²) in [7, 11) is -3.71. The van der Waals surface area contributed by atoms with E-state index in [1.165, 1.54) is 10.4 Å². The average Bonchev–Trinajstić information content (AvgIpc) is 2.41. The van der Waals surface area contributed by atoms with Crippen LogP contribution in [0.15, 0.2) is 23.1 Å². The maximum atomic E-state index is 13.2. The summed E-state index contributed by atoms with van der Waals surface area (Å²) in [6.45, 7) is 2.14. The van der Waals surface area contributed by atoms with Crippen molar-refractivity contribution in [3.63, 3.8) is 0 Å². The Morgan fingerprint density at radius 2 is 2.15 bits per heavy atom. The van der Waals surface area contributed by atoms with Gasteiger partial charge in [-0.2, -0.15) is 4.31 Å². The van der Waals surface area contributed by atoms with Crippen LogP contribution in [0.25, 0.3) is 0 Å². The van der Waals surface area contributed by atoms with Crippen LogP contribution >= 0.6 is 11.6 Å². The second kappa shape index (κ2) is 5.97. The first-order valence-electron chi connectivity index (χ1n) is 6.56. The van der Waals surface area contributed by atoms with Crippen molar-refractivity contribution in [1.82, 2.24) is 4.31 Å². The Kier molecular flexibility index (Phi) is 4.69.